The van der Waals surface area contributed by atoms with Crippen molar-refractivity contribution in [2.24, 2.45) is 4.99 Å². The van der Waals surface area contributed by atoms with E-state index in [0.29, 0.717) is 25.2 Å². The van der Waals surface area contributed by atoms with Gasteiger partial charge in [-0.2, -0.15) is 0 Å². The van der Waals surface area contributed by atoms with Crippen molar-refractivity contribution < 1.29 is 9.53 Å². The molecule has 0 saturated heterocycles. The van der Waals surface area contributed by atoms with E-state index < -0.39 is 0 Å². The molecule has 0 aliphatic carbocycles. The first kappa shape index (κ1) is 20.7. The van der Waals surface area contributed by atoms with Crippen LogP contribution in [-0.2, 0) is 6.42 Å². The summed E-state index contributed by atoms with van der Waals surface area (Å²) in [7, 11) is 1.60. The van der Waals surface area contributed by atoms with Crippen molar-refractivity contribution in [1.29, 1.82) is 0 Å². The van der Waals surface area contributed by atoms with Crippen molar-refractivity contribution in [3.63, 3.8) is 0 Å². The van der Waals surface area contributed by atoms with Crippen molar-refractivity contribution in [3.05, 3.63) is 45.9 Å². The molecule has 0 spiro atoms. The van der Waals surface area contributed by atoms with Gasteiger partial charge in [0.25, 0.3) is 5.91 Å². The van der Waals surface area contributed by atoms with Gasteiger partial charge in [-0.15, -0.1) is 11.3 Å². The Morgan fingerprint density at radius 2 is 1.93 bits per heavy atom. The van der Waals surface area contributed by atoms with Crippen LogP contribution < -0.4 is 20.7 Å². The van der Waals surface area contributed by atoms with Crippen LogP contribution in [0.1, 0.15) is 27.2 Å². The smallest absolute Gasteiger partial charge is 0.251 e. The molecule has 0 unspecified atom stereocenters. The van der Waals surface area contributed by atoms with Gasteiger partial charge in [-0.3, -0.25) is 9.79 Å². The van der Waals surface area contributed by atoms with E-state index in [1.165, 1.54) is 4.88 Å². The lowest BCUT2D eigenvalue weighted by Crippen LogP contribution is -2.41. The van der Waals surface area contributed by atoms with Crippen LogP contribution in [0.25, 0.3) is 0 Å². The van der Waals surface area contributed by atoms with Crippen molar-refractivity contribution in [1.82, 2.24) is 20.9 Å². The number of aliphatic imine (C=N–C) groups is 1. The van der Waals surface area contributed by atoms with Gasteiger partial charge in [0.15, 0.2) is 5.96 Å². The van der Waals surface area contributed by atoms with Crippen LogP contribution in [0.5, 0.6) is 5.75 Å². The fraction of sp³-hybridized carbons (Fsp3) is 0.421. The number of hydrogen-bond donors (Lipinski definition) is 3. The minimum absolute atomic E-state index is 0.111. The molecule has 0 radical (unpaired) electrons. The number of ether oxygens (including phenoxy) is 1. The summed E-state index contributed by atoms with van der Waals surface area (Å²) in [5.74, 6) is 1.36. The molecule has 1 aromatic carbocycles. The normalized spacial score (nSPS) is 11.1. The second-order valence-corrected chi connectivity index (χ2v) is 7.11. The predicted molar refractivity (Wildman–Crippen MR) is 110 cm³/mol. The maximum absolute atomic E-state index is 12.1. The minimum atomic E-state index is -0.111. The van der Waals surface area contributed by atoms with Crippen LogP contribution in [0, 0.1) is 6.92 Å². The molecule has 0 aliphatic rings. The summed E-state index contributed by atoms with van der Waals surface area (Å²) >= 11 is 1.70. The SMILES string of the molecule is CCNC(=NCCc1ncc(C)s1)NCCNC(=O)c1ccc(OC)cc1. The lowest BCUT2D eigenvalue weighted by atomic mass is 10.2. The number of aromatic nitrogens is 1. The fourth-order valence-corrected chi connectivity index (χ4v) is 3.10. The number of amides is 1. The third-order valence-electron chi connectivity index (χ3n) is 3.66. The second kappa shape index (κ2) is 11.2. The zero-order valence-corrected chi connectivity index (χ0v) is 16.9. The Morgan fingerprint density at radius 1 is 1.19 bits per heavy atom. The van der Waals surface area contributed by atoms with Gasteiger partial charge in [0.2, 0.25) is 0 Å². The van der Waals surface area contributed by atoms with Gasteiger partial charge >= 0.3 is 0 Å². The summed E-state index contributed by atoms with van der Waals surface area (Å²) in [6, 6.07) is 7.03. The summed E-state index contributed by atoms with van der Waals surface area (Å²) in [5.41, 5.74) is 0.607. The number of carbonyl (C=O) groups excluding carboxylic acids is 1. The minimum Gasteiger partial charge on any atom is -0.497 e. The first-order valence-corrected chi connectivity index (χ1v) is 9.79. The molecule has 8 heteroatoms. The molecule has 2 rings (SSSR count). The van der Waals surface area contributed by atoms with Gasteiger partial charge in [0.05, 0.1) is 12.1 Å². The van der Waals surface area contributed by atoms with E-state index in [2.05, 4.69) is 32.9 Å². The van der Waals surface area contributed by atoms with E-state index in [1.54, 1.807) is 42.7 Å². The molecule has 3 N–H and O–H groups in total. The standard InChI is InChI=1S/C19H27N5O2S/c1-4-20-19(22-10-9-17-24-13-14(2)27-17)23-12-11-21-18(25)15-5-7-16(26-3)8-6-15/h5-8,13H,4,9-12H2,1-3H3,(H,21,25)(H2,20,22,23). The van der Waals surface area contributed by atoms with E-state index >= 15 is 0 Å². The summed E-state index contributed by atoms with van der Waals surface area (Å²) in [4.78, 5) is 22.2. The van der Waals surface area contributed by atoms with Gasteiger partial charge < -0.3 is 20.7 Å². The van der Waals surface area contributed by atoms with Gasteiger partial charge in [0, 0.05) is 49.2 Å². The Hall–Kier alpha value is -2.61. The molecule has 27 heavy (non-hydrogen) atoms. The molecule has 1 amide bonds. The number of methoxy groups -OCH3 is 1. The van der Waals surface area contributed by atoms with Crippen LogP contribution >= 0.6 is 11.3 Å². The number of nitrogens with zero attached hydrogens (tertiary/aromatic N) is 2. The number of hydrogen-bond acceptors (Lipinski definition) is 5. The maximum atomic E-state index is 12.1. The maximum Gasteiger partial charge on any atom is 0.251 e. The number of rotatable bonds is 9. The average molecular weight is 390 g/mol. The Balaban J connectivity index is 1.72. The molecule has 0 atom stereocenters. The van der Waals surface area contributed by atoms with E-state index in [9.17, 15) is 4.79 Å². The lowest BCUT2D eigenvalue weighted by Gasteiger charge is -2.12. The average Bonchev–Trinajstić information content (AvgIpc) is 3.10. The molecule has 0 fully saturated rings. The number of benzene rings is 1. The van der Waals surface area contributed by atoms with E-state index in [0.717, 1.165) is 29.7 Å². The summed E-state index contributed by atoms with van der Waals surface area (Å²) in [6.45, 7) is 6.61. The van der Waals surface area contributed by atoms with Crippen LogP contribution in [0.2, 0.25) is 0 Å². The van der Waals surface area contributed by atoms with Crippen molar-refractivity contribution in [2.45, 2.75) is 20.3 Å². The molecular weight excluding hydrogens is 362 g/mol. The highest BCUT2D eigenvalue weighted by atomic mass is 32.1. The van der Waals surface area contributed by atoms with E-state index in [1.807, 2.05) is 13.1 Å². The molecule has 0 aliphatic heterocycles. The monoisotopic (exact) mass is 389 g/mol. The first-order chi connectivity index (χ1) is 13.1. The quantitative estimate of drug-likeness (QED) is 0.347. The van der Waals surface area contributed by atoms with Crippen molar-refractivity contribution >= 4 is 23.2 Å². The van der Waals surface area contributed by atoms with Crippen LogP contribution in [0.3, 0.4) is 0 Å². The molecule has 146 valence electrons. The number of thiazole rings is 1. The fourth-order valence-electron chi connectivity index (χ4n) is 2.32. The topological polar surface area (TPSA) is 87.6 Å². The first-order valence-electron chi connectivity index (χ1n) is 8.98. The zero-order chi connectivity index (χ0) is 19.5. The zero-order valence-electron chi connectivity index (χ0n) is 16.0. The Kier molecular flexibility index (Phi) is 8.57. The van der Waals surface area contributed by atoms with Gasteiger partial charge in [-0.05, 0) is 38.1 Å². The van der Waals surface area contributed by atoms with Crippen molar-refractivity contribution in [3.8, 4) is 5.75 Å². The predicted octanol–water partition coefficient (Wildman–Crippen LogP) is 1.99. The third kappa shape index (κ3) is 7.26. The number of aryl methyl sites for hydroxylation is 1. The molecule has 1 aromatic heterocycles. The van der Waals surface area contributed by atoms with Crippen molar-refractivity contribution in [2.75, 3.05) is 33.3 Å². The van der Waals surface area contributed by atoms with Gasteiger partial charge in [0.1, 0.15) is 5.75 Å². The van der Waals surface area contributed by atoms with E-state index in [-0.39, 0.29) is 5.91 Å². The molecule has 0 saturated carbocycles. The number of guanidine groups is 1. The second-order valence-electron chi connectivity index (χ2n) is 5.79. The number of nitrogens with one attached hydrogen (secondary N) is 3. The summed E-state index contributed by atoms with van der Waals surface area (Å²) < 4.78 is 5.09. The Morgan fingerprint density at radius 3 is 2.56 bits per heavy atom. The largest absolute Gasteiger partial charge is 0.497 e. The lowest BCUT2D eigenvalue weighted by molar-refractivity contribution is 0.0954. The Labute approximate surface area is 164 Å². The Bertz CT molecular complexity index is 743. The van der Waals surface area contributed by atoms with Crippen LogP contribution in [0.15, 0.2) is 35.5 Å². The molecule has 1 heterocycles. The molecule has 7 nitrogen and oxygen atoms in total. The molecule has 2 aromatic rings. The third-order valence-corrected chi connectivity index (χ3v) is 4.64. The van der Waals surface area contributed by atoms with E-state index in [4.69, 9.17) is 4.74 Å². The van der Waals surface area contributed by atoms with Crippen LogP contribution in [0.4, 0.5) is 0 Å². The number of carbonyl (C=O) groups is 1. The summed E-state index contributed by atoms with van der Waals surface area (Å²) in [6.07, 6.45) is 2.71. The van der Waals surface area contributed by atoms with Gasteiger partial charge in [-0.1, -0.05) is 0 Å². The highest BCUT2D eigenvalue weighted by Gasteiger charge is 2.05. The van der Waals surface area contributed by atoms with Crippen LogP contribution in [-0.4, -0.2) is 50.1 Å². The van der Waals surface area contributed by atoms with Gasteiger partial charge in [-0.25, -0.2) is 4.98 Å². The highest BCUT2D eigenvalue weighted by Crippen LogP contribution is 2.12. The molecule has 0 bridgehead atoms. The highest BCUT2D eigenvalue weighted by molar-refractivity contribution is 7.11. The molecular formula is C19H27N5O2S. The summed E-state index contributed by atoms with van der Waals surface area (Å²) in [5, 5.41) is 10.4.